The van der Waals surface area contributed by atoms with Crippen molar-refractivity contribution < 1.29 is 14.5 Å². The van der Waals surface area contributed by atoms with Crippen molar-refractivity contribution >= 4 is 23.2 Å². The number of aromatic amines is 1. The van der Waals surface area contributed by atoms with Crippen LogP contribution in [-0.4, -0.2) is 39.7 Å². The van der Waals surface area contributed by atoms with Gasteiger partial charge in [0.05, 0.1) is 4.92 Å². The van der Waals surface area contributed by atoms with Crippen LogP contribution in [0, 0.1) is 10.1 Å². The van der Waals surface area contributed by atoms with E-state index in [0.29, 0.717) is 0 Å². The maximum atomic E-state index is 11.2. The summed E-state index contributed by atoms with van der Waals surface area (Å²) in [5, 5.41) is 19.4. The normalized spacial score (nSPS) is 11.2. The molecule has 1 rings (SSSR count). The van der Waals surface area contributed by atoms with E-state index in [-0.39, 0.29) is 17.2 Å². The Morgan fingerprint density at radius 3 is 2.44 bits per heavy atom. The van der Waals surface area contributed by atoms with Crippen molar-refractivity contribution in [1.29, 1.82) is 0 Å². The molecule has 1 aromatic rings. The lowest BCUT2D eigenvalue weighted by Crippen LogP contribution is -2.22. The number of Topliss-reactive ketones (excluding diaryl/α,β-unsaturated/α-hetero) is 1. The Balaban J connectivity index is 3.46. The number of rotatable bonds is 3. The number of hydrogen-bond acceptors (Lipinski definition) is 5. The van der Waals surface area contributed by atoms with E-state index in [1.807, 2.05) is 0 Å². The van der Waals surface area contributed by atoms with Gasteiger partial charge in [-0.2, -0.15) is 10.1 Å². The van der Waals surface area contributed by atoms with Gasteiger partial charge in [-0.25, -0.2) is 0 Å². The summed E-state index contributed by atoms with van der Waals surface area (Å²) in [6, 6.07) is 0. The number of H-pyrrole nitrogens is 1. The highest BCUT2D eigenvalue weighted by molar-refractivity contribution is 6.08. The Morgan fingerprint density at radius 2 is 2.06 bits per heavy atom. The molecule has 0 saturated heterocycles. The monoisotopic (exact) mass is 253 g/mol. The molecule has 0 spiro atoms. The van der Waals surface area contributed by atoms with Gasteiger partial charge in [-0.05, 0) is 0 Å². The lowest BCUT2D eigenvalue weighted by Gasteiger charge is -2.00. The van der Waals surface area contributed by atoms with Gasteiger partial charge in [0, 0.05) is 20.9 Å². The molecule has 0 aliphatic carbocycles. The standard InChI is InChI=1S/C9H11N5O4/c1-4(15)6-8(14(17)18)7(13-12-6)9(10-3)11-5(2)16/h1-3H3,(H,12,13)(H,10,11,16). The molecule has 0 aromatic carbocycles. The van der Waals surface area contributed by atoms with E-state index in [1.54, 1.807) is 0 Å². The topological polar surface area (TPSA) is 130 Å². The van der Waals surface area contributed by atoms with Crippen molar-refractivity contribution in [2.24, 2.45) is 4.99 Å². The molecule has 2 N–H and O–H groups in total. The number of carbonyl (C=O) groups excluding carboxylic acids is 2. The van der Waals surface area contributed by atoms with Crippen LogP contribution in [0.2, 0.25) is 0 Å². The number of amidine groups is 1. The van der Waals surface area contributed by atoms with Crippen LogP contribution >= 0.6 is 0 Å². The second kappa shape index (κ2) is 5.17. The van der Waals surface area contributed by atoms with Gasteiger partial charge in [0.2, 0.25) is 11.6 Å². The molecule has 9 heteroatoms. The summed E-state index contributed by atoms with van der Waals surface area (Å²) in [7, 11) is 1.44. The fourth-order valence-corrected chi connectivity index (χ4v) is 1.31. The van der Waals surface area contributed by atoms with E-state index in [0.717, 1.165) is 0 Å². The van der Waals surface area contributed by atoms with Gasteiger partial charge in [0.1, 0.15) is 0 Å². The maximum Gasteiger partial charge on any atom is 0.328 e. The number of amides is 1. The van der Waals surface area contributed by atoms with Gasteiger partial charge in [-0.3, -0.25) is 24.8 Å². The number of hydrogen-bond donors (Lipinski definition) is 2. The fourth-order valence-electron chi connectivity index (χ4n) is 1.31. The molecule has 0 fully saturated rings. The lowest BCUT2D eigenvalue weighted by atomic mass is 10.2. The highest BCUT2D eigenvalue weighted by Gasteiger charge is 2.29. The number of aliphatic imine (C=N–C) groups is 1. The molecule has 0 unspecified atom stereocenters. The average Bonchev–Trinajstić information content (AvgIpc) is 2.69. The summed E-state index contributed by atoms with van der Waals surface area (Å²) < 4.78 is 0. The van der Waals surface area contributed by atoms with Crippen LogP contribution in [0.1, 0.15) is 30.0 Å². The zero-order valence-corrected chi connectivity index (χ0v) is 9.97. The zero-order chi connectivity index (χ0) is 13.9. The number of nitrogens with zero attached hydrogens (tertiary/aromatic N) is 3. The molecule has 1 amide bonds. The Kier molecular flexibility index (Phi) is 3.87. The van der Waals surface area contributed by atoms with Crippen LogP contribution in [0.5, 0.6) is 0 Å². The van der Waals surface area contributed by atoms with Crippen molar-refractivity contribution in [3.63, 3.8) is 0 Å². The Labute approximate surface area is 101 Å². The van der Waals surface area contributed by atoms with Crippen LogP contribution in [-0.2, 0) is 4.79 Å². The molecule has 0 atom stereocenters. The molecule has 0 aliphatic rings. The second-order valence-electron chi connectivity index (χ2n) is 3.34. The number of ketones is 1. The van der Waals surface area contributed by atoms with Crippen molar-refractivity contribution in [3.05, 3.63) is 21.5 Å². The summed E-state index contributed by atoms with van der Waals surface area (Å²) >= 11 is 0. The second-order valence-corrected chi connectivity index (χ2v) is 3.34. The average molecular weight is 253 g/mol. The van der Waals surface area contributed by atoms with Crippen molar-refractivity contribution in [3.8, 4) is 0 Å². The summed E-state index contributed by atoms with van der Waals surface area (Å²) in [6.07, 6.45) is 0. The molecular weight excluding hydrogens is 242 g/mol. The largest absolute Gasteiger partial charge is 0.371 e. The minimum Gasteiger partial charge on any atom is -0.371 e. The summed E-state index contributed by atoms with van der Waals surface area (Å²) in [5.41, 5.74) is -0.916. The molecule has 1 aromatic heterocycles. The number of carbonyl (C=O) groups is 2. The van der Waals surface area contributed by atoms with Crippen LogP contribution in [0.25, 0.3) is 0 Å². The first-order valence-corrected chi connectivity index (χ1v) is 4.89. The van der Waals surface area contributed by atoms with Gasteiger partial charge in [-0.15, -0.1) is 0 Å². The summed E-state index contributed by atoms with van der Waals surface area (Å²) in [4.78, 5) is 35.9. The highest BCUT2D eigenvalue weighted by atomic mass is 16.6. The van der Waals surface area contributed by atoms with E-state index < -0.39 is 22.3 Å². The quantitative estimate of drug-likeness (QED) is 0.257. The minimum absolute atomic E-state index is 0.0713. The van der Waals surface area contributed by atoms with Crippen LogP contribution in [0.3, 0.4) is 0 Å². The van der Waals surface area contributed by atoms with Crippen molar-refractivity contribution in [1.82, 2.24) is 15.5 Å². The molecule has 1 heterocycles. The van der Waals surface area contributed by atoms with E-state index in [2.05, 4.69) is 20.5 Å². The third kappa shape index (κ3) is 2.56. The first-order valence-electron chi connectivity index (χ1n) is 4.89. The van der Waals surface area contributed by atoms with E-state index in [1.165, 1.54) is 20.9 Å². The summed E-state index contributed by atoms with van der Waals surface area (Å²) in [6.45, 7) is 2.37. The van der Waals surface area contributed by atoms with Crippen molar-refractivity contribution in [2.45, 2.75) is 13.8 Å². The van der Waals surface area contributed by atoms with Gasteiger partial charge < -0.3 is 5.32 Å². The molecule has 0 radical (unpaired) electrons. The molecule has 9 nitrogen and oxygen atoms in total. The number of nitro groups is 1. The van der Waals surface area contributed by atoms with Gasteiger partial charge in [-0.1, -0.05) is 0 Å². The van der Waals surface area contributed by atoms with Gasteiger partial charge in [0.25, 0.3) is 0 Å². The van der Waals surface area contributed by atoms with Crippen LogP contribution in [0.15, 0.2) is 4.99 Å². The zero-order valence-electron chi connectivity index (χ0n) is 9.97. The third-order valence-electron chi connectivity index (χ3n) is 2.01. The first kappa shape index (κ1) is 13.5. The molecule has 0 bridgehead atoms. The molecule has 96 valence electrons. The highest BCUT2D eigenvalue weighted by Crippen LogP contribution is 2.21. The summed E-state index contributed by atoms with van der Waals surface area (Å²) in [5.74, 6) is -1.14. The van der Waals surface area contributed by atoms with Crippen LogP contribution < -0.4 is 5.32 Å². The molecule has 0 aliphatic heterocycles. The minimum atomic E-state index is -0.747. The number of aromatic nitrogens is 2. The Bertz CT molecular complexity index is 545. The fraction of sp³-hybridized carbons (Fsp3) is 0.333. The number of nitrogens with one attached hydrogen (secondary N) is 2. The van der Waals surface area contributed by atoms with Crippen LogP contribution in [0.4, 0.5) is 5.69 Å². The third-order valence-corrected chi connectivity index (χ3v) is 2.01. The van der Waals surface area contributed by atoms with E-state index in [9.17, 15) is 19.7 Å². The maximum absolute atomic E-state index is 11.2. The van der Waals surface area contributed by atoms with Gasteiger partial charge in [0.15, 0.2) is 17.3 Å². The van der Waals surface area contributed by atoms with E-state index in [4.69, 9.17) is 0 Å². The smallest absolute Gasteiger partial charge is 0.328 e. The molecule has 0 saturated carbocycles. The van der Waals surface area contributed by atoms with E-state index >= 15 is 0 Å². The Morgan fingerprint density at radius 1 is 1.44 bits per heavy atom. The predicted molar refractivity (Wildman–Crippen MR) is 61.5 cm³/mol. The molecular formula is C9H11N5O4. The first-order chi connectivity index (χ1) is 8.38. The molecule has 18 heavy (non-hydrogen) atoms. The SMILES string of the molecule is CNC(=NC(C)=O)c1n[nH]c(C(C)=O)c1[N+](=O)[O-]. The lowest BCUT2D eigenvalue weighted by molar-refractivity contribution is -0.385. The van der Waals surface area contributed by atoms with Gasteiger partial charge >= 0.3 is 5.69 Å². The Hall–Kier alpha value is -2.58. The predicted octanol–water partition coefficient (Wildman–Crippen LogP) is 0.0330. The van der Waals surface area contributed by atoms with Crippen molar-refractivity contribution in [2.75, 3.05) is 7.05 Å².